The van der Waals surface area contributed by atoms with E-state index < -0.39 is 6.61 Å². The summed E-state index contributed by atoms with van der Waals surface area (Å²) in [6.07, 6.45) is 0. The molecule has 1 rings (SSSR count). The summed E-state index contributed by atoms with van der Waals surface area (Å²) in [4.78, 5) is 0. The Morgan fingerprint density at radius 1 is 1.29 bits per heavy atom. The van der Waals surface area contributed by atoms with Crippen LogP contribution in [0.1, 0.15) is 25.0 Å². The van der Waals surface area contributed by atoms with Crippen LogP contribution in [0, 0.1) is 12.8 Å². The first-order valence-electron chi connectivity index (χ1n) is 4.36. The molecule has 0 bridgehead atoms. The van der Waals surface area contributed by atoms with Gasteiger partial charge in [-0.25, -0.2) is 0 Å². The molecule has 0 heterocycles. The summed E-state index contributed by atoms with van der Waals surface area (Å²) in [5.41, 5.74) is 1.77. The smallest absolute Gasteiger partial charge is 0.387 e. The van der Waals surface area contributed by atoms with Crippen LogP contribution in [-0.2, 0) is 0 Å². The maximum atomic E-state index is 12.0. The summed E-state index contributed by atoms with van der Waals surface area (Å²) in [5, 5.41) is 0. The van der Waals surface area contributed by atoms with Crippen LogP contribution in [0.3, 0.4) is 0 Å². The number of halogens is 2. The molecule has 3 heteroatoms. The third-order valence-corrected chi connectivity index (χ3v) is 1.89. The van der Waals surface area contributed by atoms with Crippen molar-refractivity contribution >= 4 is 0 Å². The Balaban J connectivity index is 3.02. The molecule has 0 atom stereocenters. The van der Waals surface area contributed by atoms with E-state index in [1.54, 1.807) is 12.1 Å². The van der Waals surface area contributed by atoms with Crippen LogP contribution in [0.2, 0.25) is 0 Å². The summed E-state index contributed by atoms with van der Waals surface area (Å²) in [6, 6.07) is 5.17. The van der Waals surface area contributed by atoms with Crippen LogP contribution in [0.25, 0.3) is 0 Å². The second-order valence-electron chi connectivity index (χ2n) is 3.38. The first-order chi connectivity index (χ1) is 6.50. The van der Waals surface area contributed by atoms with Gasteiger partial charge in [0.25, 0.3) is 0 Å². The molecule has 1 aromatic rings. The van der Waals surface area contributed by atoms with E-state index in [0.29, 0.717) is 0 Å². The standard InChI is InChI=1S/C11H13F2O/c1-7(2)9-6-8(3)4-5-10(9)14-11(12)13/h4-6,11H,1-3H3. The van der Waals surface area contributed by atoms with Crippen molar-refractivity contribution in [2.75, 3.05) is 0 Å². The van der Waals surface area contributed by atoms with Crippen molar-refractivity contribution in [1.82, 2.24) is 0 Å². The molecule has 14 heavy (non-hydrogen) atoms. The molecule has 0 N–H and O–H groups in total. The van der Waals surface area contributed by atoms with E-state index in [-0.39, 0.29) is 5.75 Å². The minimum absolute atomic E-state index is 0.241. The van der Waals surface area contributed by atoms with Gasteiger partial charge in [0.05, 0.1) is 0 Å². The van der Waals surface area contributed by atoms with Gasteiger partial charge in [-0.1, -0.05) is 31.5 Å². The highest BCUT2D eigenvalue weighted by Crippen LogP contribution is 2.27. The fraction of sp³-hybridized carbons (Fsp3) is 0.364. The molecule has 0 aliphatic heterocycles. The molecule has 0 aliphatic carbocycles. The van der Waals surface area contributed by atoms with Crippen molar-refractivity contribution in [2.24, 2.45) is 0 Å². The Labute approximate surface area is 82.7 Å². The average molecular weight is 199 g/mol. The van der Waals surface area contributed by atoms with Gasteiger partial charge < -0.3 is 4.74 Å². The SMILES string of the molecule is C[C](C)c1cc(C)ccc1OC(F)F. The fourth-order valence-electron chi connectivity index (χ4n) is 1.23. The Morgan fingerprint density at radius 3 is 2.43 bits per heavy atom. The van der Waals surface area contributed by atoms with Crippen molar-refractivity contribution < 1.29 is 13.5 Å². The molecule has 0 spiro atoms. The number of hydrogen-bond donors (Lipinski definition) is 0. The van der Waals surface area contributed by atoms with Crippen LogP contribution < -0.4 is 4.74 Å². The van der Waals surface area contributed by atoms with E-state index in [1.165, 1.54) is 0 Å². The minimum atomic E-state index is -2.77. The maximum Gasteiger partial charge on any atom is 0.387 e. The summed E-state index contributed by atoms with van der Waals surface area (Å²) in [6.45, 7) is 2.88. The van der Waals surface area contributed by atoms with Crippen molar-refractivity contribution in [3.63, 3.8) is 0 Å². The summed E-state index contributed by atoms with van der Waals surface area (Å²) >= 11 is 0. The lowest BCUT2D eigenvalue weighted by molar-refractivity contribution is -0.0502. The third-order valence-electron chi connectivity index (χ3n) is 1.89. The Bertz CT molecular complexity index is 308. The molecule has 0 fully saturated rings. The van der Waals surface area contributed by atoms with E-state index in [4.69, 9.17) is 0 Å². The number of alkyl halides is 2. The van der Waals surface area contributed by atoms with E-state index >= 15 is 0 Å². The number of aryl methyl sites for hydroxylation is 1. The second kappa shape index (κ2) is 4.40. The summed E-state index contributed by atoms with van der Waals surface area (Å²) in [5.74, 6) is 1.20. The highest BCUT2D eigenvalue weighted by atomic mass is 19.3. The monoisotopic (exact) mass is 199 g/mol. The Hall–Kier alpha value is -1.12. The minimum Gasteiger partial charge on any atom is -0.435 e. The predicted octanol–water partition coefficient (Wildman–Crippen LogP) is 3.56. The van der Waals surface area contributed by atoms with E-state index in [2.05, 4.69) is 4.74 Å². The lowest BCUT2D eigenvalue weighted by Gasteiger charge is -2.13. The van der Waals surface area contributed by atoms with Gasteiger partial charge in [0.15, 0.2) is 0 Å². The summed E-state index contributed by atoms with van der Waals surface area (Å²) in [7, 11) is 0. The predicted molar refractivity (Wildman–Crippen MR) is 51.5 cm³/mol. The van der Waals surface area contributed by atoms with Gasteiger partial charge in [0.1, 0.15) is 5.75 Å². The van der Waals surface area contributed by atoms with Crippen LogP contribution in [0.15, 0.2) is 18.2 Å². The molecule has 0 amide bonds. The van der Waals surface area contributed by atoms with E-state index in [0.717, 1.165) is 17.0 Å². The van der Waals surface area contributed by atoms with E-state index in [1.807, 2.05) is 26.8 Å². The molecule has 0 aromatic heterocycles. The zero-order valence-electron chi connectivity index (χ0n) is 8.47. The molecule has 0 aliphatic rings. The fourth-order valence-corrected chi connectivity index (χ4v) is 1.23. The lowest BCUT2D eigenvalue weighted by atomic mass is 10.0. The number of ether oxygens (including phenoxy) is 1. The summed E-state index contributed by atoms with van der Waals surface area (Å²) < 4.78 is 28.5. The average Bonchev–Trinajstić information content (AvgIpc) is 2.07. The molecule has 1 aromatic carbocycles. The third kappa shape index (κ3) is 2.69. The van der Waals surface area contributed by atoms with Gasteiger partial charge in [-0.05, 0) is 13.0 Å². The highest BCUT2D eigenvalue weighted by molar-refractivity contribution is 5.44. The molecule has 77 valence electrons. The second-order valence-corrected chi connectivity index (χ2v) is 3.38. The molecule has 0 saturated heterocycles. The van der Waals surface area contributed by atoms with Crippen LogP contribution in [-0.4, -0.2) is 6.61 Å². The normalized spacial score (nSPS) is 11.1. The lowest BCUT2D eigenvalue weighted by Crippen LogP contribution is -2.05. The van der Waals surface area contributed by atoms with Crippen molar-refractivity contribution in [2.45, 2.75) is 27.4 Å². The van der Waals surface area contributed by atoms with Gasteiger partial charge in [-0.15, -0.1) is 0 Å². The van der Waals surface area contributed by atoms with Crippen LogP contribution in [0.5, 0.6) is 5.75 Å². The van der Waals surface area contributed by atoms with Gasteiger partial charge in [0.2, 0.25) is 0 Å². The zero-order chi connectivity index (χ0) is 10.7. The first-order valence-corrected chi connectivity index (χ1v) is 4.36. The molecule has 0 unspecified atom stereocenters. The van der Waals surface area contributed by atoms with Gasteiger partial charge in [-0.3, -0.25) is 0 Å². The van der Waals surface area contributed by atoms with Crippen molar-refractivity contribution in [3.05, 3.63) is 35.2 Å². The number of benzene rings is 1. The largest absolute Gasteiger partial charge is 0.435 e. The molecular formula is C11H13F2O. The molecule has 1 nitrogen and oxygen atoms in total. The molecule has 0 saturated carbocycles. The van der Waals surface area contributed by atoms with Crippen molar-refractivity contribution in [3.8, 4) is 5.75 Å². The molecule has 1 radical (unpaired) electrons. The Morgan fingerprint density at radius 2 is 1.93 bits per heavy atom. The zero-order valence-corrected chi connectivity index (χ0v) is 8.47. The maximum absolute atomic E-state index is 12.0. The van der Waals surface area contributed by atoms with Crippen LogP contribution >= 0.6 is 0 Å². The van der Waals surface area contributed by atoms with Gasteiger partial charge in [-0.2, -0.15) is 8.78 Å². The van der Waals surface area contributed by atoms with Crippen LogP contribution in [0.4, 0.5) is 8.78 Å². The van der Waals surface area contributed by atoms with E-state index in [9.17, 15) is 8.78 Å². The Kier molecular flexibility index (Phi) is 3.44. The van der Waals surface area contributed by atoms with Gasteiger partial charge in [0, 0.05) is 11.5 Å². The van der Waals surface area contributed by atoms with Crippen molar-refractivity contribution in [1.29, 1.82) is 0 Å². The topological polar surface area (TPSA) is 9.23 Å². The number of hydrogen-bond acceptors (Lipinski definition) is 1. The number of rotatable bonds is 3. The first kappa shape index (κ1) is 11.0. The molecular weight excluding hydrogens is 186 g/mol. The quantitative estimate of drug-likeness (QED) is 0.723. The van der Waals surface area contributed by atoms with Gasteiger partial charge >= 0.3 is 6.61 Å². The highest BCUT2D eigenvalue weighted by Gasteiger charge is 2.12.